The third kappa shape index (κ3) is 1.10. The summed E-state index contributed by atoms with van der Waals surface area (Å²) in [5.74, 6) is 0. The molecule has 11 heavy (non-hydrogen) atoms. The van der Waals surface area contributed by atoms with Crippen molar-refractivity contribution in [3.63, 3.8) is 0 Å². The smallest absolute Gasteiger partial charge is 0.0621 e. The second kappa shape index (κ2) is 2.24. The van der Waals surface area contributed by atoms with Crippen LogP contribution < -0.4 is 5.73 Å². The van der Waals surface area contributed by atoms with E-state index in [2.05, 4.69) is 0 Å². The van der Waals surface area contributed by atoms with Gasteiger partial charge in [0.2, 0.25) is 0 Å². The predicted molar refractivity (Wildman–Crippen MR) is 44.3 cm³/mol. The van der Waals surface area contributed by atoms with E-state index in [9.17, 15) is 5.11 Å². The number of hydrogen-bond donors (Lipinski definition) is 2. The summed E-state index contributed by atoms with van der Waals surface area (Å²) in [5, 5.41) is 9.30. The topological polar surface area (TPSA) is 46.2 Å². The van der Waals surface area contributed by atoms with E-state index in [4.69, 9.17) is 5.73 Å². The molecule has 1 aromatic carbocycles. The van der Waals surface area contributed by atoms with E-state index < -0.39 is 0 Å². The number of hydrogen-bond acceptors (Lipinski definition) is 2. The van der Waals surface area contributed by atoms with E-state index in [0.717, 1.165) is 18.5 Å². The number of rotatable bonds is 0. The lowest BCUT2D eigenvalue weighted by atomic mass is 10.1. The van der Waals surface area contributed by atoms with Crippen molar-refractivity contribution in [2.24, 2.45) is 0 Å². The van der Waals surface area contributed by atoms with E-state index >= 15 is 0 Å². The average Bonchev–Trinajstić information content (AvgIpc) is 2.27. The third-order valence-corrected chi connectivity index (χ3v) is 2.14. The number of nitrogen functional groups attached to an aromatic ring is 1. The highest BCUT2D eigenvalue weighted by Crippen LogP contribution is 2.23. The van der Waals surface area contributed by atoms with Gasteiger partial charge in [-0.3, -0.25) is 0 Å². The van der Waals surface area contributed by atoms with Gasteiger partial charge < -0.3 is 10.8 Å². The molecule has 1 atom stereocenters. The lowest BCUT2D eigenvalue weighted by Gasteiger charge is -1.97. The second-order valence-corrected chi connectivity index (χ2v) is 3.09. The molecule has 0 amide bonds. The van der Waals surface area contributed by atoms with Crippen molar-refractivity contribution in [2.45, 2.75) is 18.9 Å². The van der Waals surface area contributed by atoms with Crippen LogP contribution in [0.1, 0.15) is 11.1 Å². The molecule has 0 saturated heterocycles. The first-order chi connectivity index (χ1) is 5.25. The van der Waals surface area contributed by atoms with Gasteiger partial charge in [-0.1, -0.05) is 6.07 Å². The molecule has 0 radical (unpaired) electrons. The number of aliphatic hydroxyl groups is 1. The van der Waals surface area contributed by atoms with Gasteiger partial charge in [0.25, 0.3) is 0 Å². The Kier molecular flexibility index (Phi) is 1.36. The van der Waals surface area contributed by atoms with Crippen molar-refractivity contribution >= 4 is 5.69 Å². The highest BCUT2D eigenvalue weighted by atomic mass is 16.3. The molecular weight excluding hydrogens is 138 g/mol. The highest BCUT2D eigenvalue weighted by Gasteiger charge is 2.18. The van der Waals surface area contributed by atoms with E-state index in [1.807, 2.05) is 18.2 Å². The molecule has 2 heteroatoms. The monoisotopic (exact) mass is 149 g/mol. The Balaban J connectivity index is 2.43. The summed E-state index contributed by atoms with van der Waals surface area (Å²) in [4.78, 5) is 0. The van der Waals surface area contributed by atoms with Crippen LogP contribution in [0.2, 0.25) is 0 Å². The minimum atomic E-state index is -0.188. The molecule has 2 nitrogen and oxygen atoms in total. The zero-order chi connectivity index (χ0) is 7.84. The van der Waals surface area contributed by atoms with Crippen LogP contribution in [0.4, 0.5) is 5.69 Å². The Morgan fingerprint density at radius 1 is 1.27 bits per heavy atom. The lowest BCUT2D eigenvalue weighted by Crippen LogP contribution is -2.03. The van der Waals surface area contributed by atoms with E-state index in [1.165, 1.54) is 11.1 Å². The van der Waals surface area contributed by atoms with Gasteiger partial charge in [0.15, 0.2) is 0 Å². The molecule has 0 spiro atoms. The second-order valence-electron chi connectivity index (χ2n) is 3.09. The maximum atomic E-state index is 9.30. The van der Waals surface area contributed by atoms with E-state index in [1.54, 1.807) is 0 Å². The molecule has 2 rings (SSSR count). The molecule has 0 heterocycles. The summed E-state index contributed by atoms with van der Waals surface area (Å²) in [5.41, 5.74) is 8.83. The largest absolute Gasteiger partial charge is 0.399 e. The van der Waals surface area contributed by atoms with E-state index in [-0.39, 0.29) is 6.10 Å². The summed E-state index contributed by atoms with van der Waals surface area (Å²) in [6, 6.07) is 5.84. The maximum absolute atomic E-state index is 9.30. The molecule has 3 N–H and O–H groups in total. The number of aliphatic hydroxyl groups excluding tert-OH is 1. The van der Waals surface area contributed by atoms with Crippen LogP contribution in [0.3, 0.4) is 0 Å². The van der Waals surface area contributed by atoms with Gasteiger partial charge in [0, 0.05) is 5.69 Å². The van der Waals surface area contributed by atoms with Crippen molar-refractivity contribution in [1.29, 1.82) is 0 Å². The summed E-state index contributed by atoms with van der Waals surface area (Å²) < 4.78 is 0. The summed E-state index contributed by atoms with van der Waals surface area (Å²) in [6.45, 7) is 0. The van der Waals surface area contributed by atoms with Crippen LogP contribution in [-0.4, -0.2) is 11.2 Å². The van der Waals surface area contributed by atoms with Crippen LogP contribution in [0.5, 0.6) is 0 Å². The Morgan fingerprint density at radius 2 is 2.00 bits per heavy atom. The van der Waals surface area contributed by atoms with E-state index in [0.29, 0.717) is 0 Å². The van der Waals surface area contributed by atoms with Crippen LogP contribution in [0, 0.1) is 0 Å². The molecule has 0 unspecified atom stereocenters. The van der Waals surface area contributed by atoms with Gasteiger partial charge in [-0.2, -0.15) is 0 Å². The molecule has 0 saturated carbocycles. The van der Waals surface area contributed by atoms with Gasteiger partial charge in [0.1, 0.15) is 0 Å². The number of nitrogens with two attached hydrogens (primary N) is 1. The molecular formula is C9H11NO. The Labute approximate surface area is 65.7 Å². The number of fused-ring (bicyclic) bond motifs is 1. The van der Waals surface area contributed by atoms with Crippen molar-refractivity contribution in [3.05, 3.63) is 29.3 Å². The van der Waals surface area contributed by atoms with Crippen LogP contribution >= 0.6 is 0 Å². The number of anilines is 1. The molecule has 1 aliphatic carbocycles. The van der Waals surface area contributed by atoms with Gasteiger partial charge >= 0.3 is 0 Å². The minimum Gasteiger partial charge on any atom is -0.399 e. The fourth-order valence-electron chi connectivity index (χ4n) is 1.61. The van der Waals surface area contributed by atoms with Crippen LogP contribution in [0.25, 0.3) is 0 Å². The lowest BCUT2D eigenvalue weighted by molar-refractivity contribution is 0.187. The molecule has 58 valence electrons. The standard InChI is InChI=1S/C9H11NO/c10-8-2-1-6-4-9(11)5-7(6)3-8/h1-3,9,11H,4-5,10H2/t9-/m0/s1. The number of benzene rings is 1. The zero-order valence-corrected chi connectivity index (χ0v) is 6.25. The highest BCUT2D eigenvalue weighted by molar-refractivity contribution is 5.46. The molecule has 0 aliphatic heterocycles. The summed E-state index contributed by atoms with van der Waals surface area (Å²) in [6.07, 6.45) is 1.36. The van der Waals surface area contributed by atoms with Gasteiger partial charge in [0.05, 0.1) is 6.10 Å². The SMILES string of the molecule is Nc1ccc2c(c1)C[C@@H](O)C2. The fraction of sp³-hybridized carbons (Fsp3) is 0.333. The quantitative estimate of drug-likeness (QED) is 0.534. The minimum absolute atomic E-state index is 0.188. The van der Waals surface area contributed by atoms with Crippen molar-refractivity contribution in [1.82, 2.24) is 0 Å². The third-order valence-electron chi connectivity index (χ3n) is 2.14. The average molecular weight is 149 g/mol. The fourth-order valence-corrected chi connectivity index (χ4v) is 1.61. The molecule has 0 aromatic heterocycles. The summed E-state index contributed by atoms with van der Waals surface area (Å²) >= 11 is 0. The normalized spacial score (nSPS) is 21.7. The Hall–Kier alpha value is -1.02. The van der Waals surface area contributed by atoms with Crippen molar-refractivity contribution in [2.75, 3.05) is 5.73 Å². The first kappa shape index (κ1) is 6.68. The van der Waals surface area contributed by atoms with Crippen molar-refractivity contribution in [3.8, 4) is 0 Å². The maximum Gasteiger partial charge on any atom is 0.0621 e. The first-order valence-electron chi connectivity index (χ1n) is 3.81. The Bertz CT molecular complexity index is 283. The first-order valence-corrected chi connectivity index (χ1v) is 3.81. The van der Waals surface area contributed by atoms with Gasteiger partial charge in [-0.25, -0.2) is 0 Å². The molecule has 0 fully saturated rings. The van der Waals surface area contributed by atoms with Crippen LogP contribution in [-0.2, 0) is 12.8 Å². The summed E-state index contributed by atoms with van der Waals surface area (Å²) in [7, 11) is 0. The van der Waals surface area contributed by atoms with Gasteiger partial charge in [-0.15, -0.1) is 0 Å². The predicted octanol–water partition coefficient (Wildman–Crippen LogP) is 0.728. The molecule has 1 aromatic rings. The Morgan fingerprint density at radius 3 is 2.82 bits per heavy atom. The van der Waals surface area contributed by atoms with Crippen LogP contribution in [0.15, 0.2) is 18.2 Å². The zero-order valence-electron chi connectivity index (χ0n) is 6.25. The van der Waals surface area contributed by atoms with Crippen molar-refractivity contribution < 1.29 is 5.11 Å². The molecule has 0 bridgehead atoms. The molecule has 1 aliphatic rings. The van der Waals surface area contributed by atoms with Gasteiger partial charge in [-0.05, 0) is 36.1 Å².